The van der Waals surface area contributed by atoms with Gasteiger partial charge in [-0.1, -0.05) is 23.8 Å². The van der Waals surface area contributed by atoms with Crippen molar-refractivity contribution in [2.45, 2.75) is 13.8 Å². The summed E-state index contributed by atoms with van der Waals surface area (Å²) in [6.45, 7) is 3.95. The summed E-state index contributed by atoms with van der Waals surface area (Å²) in [5, 5.41) is 0. The fourth-order valence-electron chi connectivity index (χ4n) is 2.14. The normalized spacial score (nSPS) is 10.4. The van der Waals surface area contributed by atoms with Crippen LogP contribution < -0.4 is 4.90 Å². The molecule has 0 bridgehead atoms. The van der Waals surface area contributed by atoms with Gasteiger partial charge < -0.3 is 4.90 Å². The summed E-state index contributed by atoms with van der Waals surface area (Å²) >= 11 is 3.13. The molecule has 0 aromatic heterocycles. The number of hydrogen-bond acceptors (Lipinski definition) is 1. The second kappa shape index (κ2) is 5.75. The Balaban J connectivity index is 2.40. The van der Waals surface area contributed by atoms with Crippen LogP contribution in [0.1, 0.15) is 21.5 Å². The molecule has 4 heteroatoms. The van der Waals surface area contributed by atoms with E-state index in [1.165, 1.54) is 17.0 Å². The molecule has 0 spiro atoms. The van der Waals surface area contributed by atoms with Crippen molar-refractivity contribution in [2.24, 2.45) is 0 Å². The number of aryl methyl sites for hydroxylation is 2. The Morgan fingerprint density at radius 2 is 1.90 bits per heavy atom. The van der Waals surface area contributed by atoms with Gasteiger partial charge in [0.15, 0.2) is 0 Å². The van der Waals surface area contributed by atoms with Crippen LogP contribution in [0.2, 0.25) is 0 Å². The van der Waals surface area contributed by atoms with Gasteiger partial charge in [-0.25, -0.2) is 4.39 Å². The molecule has 0 radical (unpaired) electrons. The summed E-state index contributed by atoms with van der Waals surface area (Å²) in [6.07, 6.45) is 0. The molecular weight excluding hydrogens is 321 g/mol. The van der Waals surface area contributed by atoms with E-state index in [-0.39, 0.29) is 10.4 Å². The fourth-order valence-corrected chi connectivity index (χ4v) is 2.57. The van der Waals surface area contributed by atoms with E-state index in [4.69, 9.17) is 0 Å². The monoisotopic (exact) mass is 335 g/mol. The average Bonchev–Trinajstić information content (AvgIpc) is 2.40. The van der Waals surface area contributed by atoms with Gasteiger partial charge in [0.1, 0.15) is 5.82 Å². The molecule has 0 unspecified atom stereocenters. The van der Waals surface area contributed by atoms with Crippen molar-refractivity contribution in [1.82, 2.24) is 0 Å². The Kier molecular flexibility index (Phi) is 4.23. The van der Waals surface area contributed by atoms with Crippen LogP contribution in [0, 0.1) is 19.7 Å². The van der Waals surface area contributed by atoms with E-state index >= 15 is 0 Å². The standard InChI is InChI=1S/C16H15BrFNO/c1-10-7-8-14(11(2)9-10)19(3)16(20)12-5-4-6-13(18)15(12)17/h4-9H,1-3H3. The van der Waals surface area contributed by atoms with Gasteiger partial charge in [-0.15, -0.1) is 0 Å². The summed E-state index contributed by atoms with van der Waals surface area (Å²) in [6, 6.07) is 10.3. The molecule has 0 saturated carbocycles. The number of amides is 1. The Morgan fingerprint density at radius 1 is 1.20 bits per heavy atom. The summed E-state index contributed by atoms with van der Waals surface area (Å²) in [4.78, 5) is 14.0. The lowest BCUT2D eigenvalue weighted by molar-refractivity contribution is 0.0991. The second-order valence-electron chi connectivity index (χ2n) is 4.76. The van der Waals surface area contributed by atoms with Crippen molar-refractivity contribution in [3.63, 3.8) is 0 Å². The maximum Gasteiger partial charge on any atom is 0.259 e. The van der Waals surface area contributed by atoms with Crippen molar-refractivity contribution in [2.75, 3.05) is 11.9 Å². The van der Waals surface area contributed by atoms with Crippen LogP contribution in [0.15, 0.2) is 40.9 Å². The zero-order chi connectivity index (χ0) is 14.9. The van der Waals surface area contributed by atoms with Gasteiger partial charge in [0.25, 0.3) is 5.91 Å². The predicted octanol–water partition coefficient (Wildman–Crippen LogP) is 4.48. The lowest BCUT2D eigenvalue weighted by Crippen LogP contribution is -2.27. The molecule has 104 valence electrons. The maximum atomic E-state index is 13.5. The molecular formula is C16H15BrFNO. The van der Waals surface area contributed by atoms with Crippen LogP contribution in [-0.4, -0.2) is 13.0 Å². The van der Waals surface area contributed by atoms with Gasteiger partial charge in [0.2, 0.25) is 0 Å². The van der Waals surface area contributed by atoms with Crippen LogP contribution >= 0.6 is 15.9 Å². The first-order chi connectivity index (χ1) is 9.41. The average molecular weight is 336 g/mol. The van der Waals surface area contributed by atoms with Crippen molar-refractivity contribution < 1.29 is 9.18 Å². The first-order valence-electron chi connectivity index (χ1n) is 6.21. The Morgan fingerprint density at radius 3 is 2.55 bits per heavy atom. The molecule has 0 aliphatic heterocycles. The molecule has 2 nitrogen and oxygen atoms in total. The first kappa shape index (κ1) is 14.7. The number of nitrogens with zero attached hydrogens (tertiary/aromatic N) is 1. The highest BCUT2D eigenvalue weighted by molar-refractivity contribution is 9.10. The summed E-state index contributed by atoms with van der Waals surface area (Å²) in [5.41, 5.74) is 3.27. The third kappa shape index (κ3) is 2.75. The van der Waals surface area contributed by atoms with Gasteiger partial charge in [0.05, 0.1) is 10.0 Å². The quantitative estimate of drug-likeness (QED) is 0.792. The number of hydrogen-bond donors (Lipinski definition) is 0. The van der Waals surface area contributed by atoms with Gasteiger partial charge >= 0.3 is 0 Å². The number of carbonyl (C=O) groups excluding carboxylic acids is 1. The minimum absolute atomic E-state index is 0.196. The Bertz CT molecular complexity index is 670. The van der Waals surface area contributed by atoms with Crippen molar-refractivity contribution in [3.8, 4) is 0 Å². The topological polar surface area (TPSA) is 20.3 Å². The maximum absolute atomic E-state index is 13.5. The van der Waals surface area contributed by atoms with E-state index in [2.05, 4.69) is 15.9 Å². The molecule has 0 saturated heterocycles. The van der Waals surface area contributed by atoms with Gasteiger partial charge in [-0.05, 0) is 53.5 Å². The van der Waals surface area contributed by atoms with Gasteiger partial charge in [-0.3, -0.25) is 4.79 Å². The van der Waals surface area contributed by atoms with E-state index in [1.54, 1.807) is 13.1 Å². The van der Waals surface area contributed by atoms with E-state index in [0.717, 1.165) is 16.8 Å². The minimum Gasteiger partial charge on any atom is -0.311 e. The molecule has 2 aromatic rings. The fraction of sp³-hybridized carbons (Fsp3) is 0.188. The third-order valence-corrected chi connectivity index (χ3v) is 4.01. The number of carbonyl (C=O) groups is 1. The summed E-state index contributed by atoms with van der Waals surface area (Å²) in [5.74, 6) is -0.687. The first-order valence-corrected chi connectivity index (χ1v) is 7.00. The lowest BCUT2D eigenvalue weighted by atomic mass is 10.1. The van der Waals surface area contributed by atoms with Crippen LogP contribution in [0.5, 0.6) is 0 Å². The highest BCUT2D eigenvalue weighted by Crippen LogP contribution is 2.26. The Hall–Kier alpha value is -1.68. The largest absolute Gasteiger partial charge is 0.311 e. The molecule has 0 aliphatic rings. The van der Waals surface area contributed by atoms with E-state index < -0.39 is 5.82 Å². The smallest absolute Gasteiger partial charge is 0.259 e. The number of benzene rings is 2. The zero-order valence-corrected chi connectivity index (χ0v) is 13.2. The molecule has 20 heavy (non-hydrogen) atoms. The number of halogens is 2. The van der Waals surface area contributed by atoms with Crippen molar-refractivity contribution in [3.05, 3.63) is 63.4 Å². The molecule has 0 heterocycles. The molecule has 0 fully saturated rings. The number of anilines is 1. The van der Waals surface area contributed by atoms with Crippen LogP contribution in [0.3, 0.4) is 0 Å². The highest BCUT2D eigenvalue weighted by atomic mass is 79.9. The van der Waals surface area contributed by atoms with Crippen LogP contribution in [-0.2, 0) is 0 Å². The molecule has 1 amide bonds. The van der Waals surface area contributed by atoms with E-state index in [1.807, 2.05) is 32.0 Å². The SMILES string of the molecule is Cc1ccc(N(C)C(=O)c2cccc(F)c2Br)c(C)c1. The zero-order valence-electron chi connectivity index (χ0n) is 11.6. The lowest BCUT2D eigenvalue weighted by Gasteiger charge is -2.20. The van der Waals surface area contributed by atoms with Crippen molar-refractivity contribution in [1.29, 1.82) is 0 Å². The Labute approximate surface area is 126 Å². The molecule has 0 N–H and O–H groups in total. The van der Waals surface area contributed by atoms with Crippen LogP contribution in [0.25, 0.3) is 0 Å². The van der Waals surface area contributed by atoms with Crippen LogP contribution in [0.4, 0.5) is 10.1 Å². The molecule has 2 aromatic carbocycles. The third-order valence-electron chi connectivity index (χ3n) is 3.20. The van der Waals surface area contributed by atoms with E-state index in [0.29, 0.717) is 5.56 Å². The molecule has 0 aliphatic carbocycles. The molecule has 2 rings (SSSR count). The highest BCUT2D eigenvalue weighted by Gasteiger charge is 2.19. The summed E-state index contributed by atoms with van der Waals surface area (Å²) in [7, 11) is 1.69. The molecule has 0 atom stereocenters. The van der Waals surface area contributed by atoms with Gasteiger partial charge in [-0.2, -0.15) is 0 Å². The van der Waals surface area contributed by atoms with E-state index in [9.17, 15) is 9.18 Å². The number of rotatable bonds is 2. The van der Waals surface area contributed by atoms with Crippen molar-refractivity contribution >= 4 is 27.5 Å². The minimum atomic E-state index is -0.440. The second-order valence-corrected chi connectivity index (χ2v) is 5.55. The van der Waals surface area contributed by atoms with Gasteiger partial charge in [0, 0.05) is 12.7 Å². The summed E-state index contributed by atoms with van der Waals surface area (Å²) < 4.78 is 13.7. The predicted molar refractivity (Wildman–Crippen MR) is 82.7 cm³/mol.